The van der Waals surface area contributed by atoms with Crippen LogP contribution < -0.4 is 24.3 Å². The summed E-state index contributed by atoms with van der Waals surface area (Å²) in [5.41, 5.74) is 20.0. The minimum Gasteiger partial charge on any atom is -0.457 e. The molecule has 8 heteroatoms. The molecule has 0 radical (unpaired) electrons. The van der Waals surface area contributed by atoms with Gasteiger partial charge in [-0.3, -0.25) is 9.55 Å². The summed E-state index contributed by atoms with van der Waals surface area (Å²) < 4.78 is 9.23. The Balaban J connectivity index is 0.949. The Morgan fingerprint density at radius 2 is 0.951 bits per heavy atom. The molecule has 0 atom stereocenters. The van der Waals surface area contributed by atoms with Crippen molar-refractivity contribution in [1.29, 1.82) is 0 Å². The van der Waals surface area contributed by atoms with Crippen LogP contribution in [0.3, 0.4) is 0 Å². The number of rotatable bonds is 7. The van der Waals surface area contributed by atoms with Gasteiger partial charge in [-0.05, 0) is 129 Å². The van der Waals surface area contributed by atoms with E-state index in [0.717, 1.165) is 67.9 Å². The lowest BCUT2D eigenvalue weighted by molar-refractivity contribution is 0.483. The van der Waals surface area contributed by atoms with Gasteiger partial charge < -0.3 is 24.3 Å². The third-order valence-corrected chi connectivity index (χ3v) is 17.5. The minimum atomic E-state index is -0.250. The molecule has 11 aromatic rings. The number of para-hydroxylation sites is 5. The first-order valence-electron chi connectivity index (χ1n) is 28.4. The number of anilines is 10. The lowest BCUT2D eigenvalue weighted by Crippen LogP contribution is -2.34. The summed E-state index contributed by atoms with van der Waals surface area (Å²) in [6.45, 7) is 23.7. The fraction of sp³-hybridized carbons (Fsp3) is 0.205. The summed E-state index contributed by atoms with van der Waals surface area (Å²) in [5, 5.41) is 2.31. The van der Waals surface area contributed by atoms with Gasteiger partial charge in [-0.15, -0.1) is 0 Å². The lowest BCUT2D eigenvalue weighted by atomic mass is 9.73. The van der Waals surface area contributed by atoms with Crippen molar-refractivity contribution >= 4 is 78.7 Å². The standard InChI is InChI=1S/C73H67N7O/c1-70(2,3)47-36-39-75-68(42-47)80-58-29-16-11-24-52(58)53-35-34-51(44-64(53)80)81-50-23-21-22-49(43-50)76-46-77(63-37-38-74-45-67(63)76)69-65(78-59-30-17-12-25-54(59)72(7,8)55-26-13-18-31-60(55)78)40-48(71(4,5)6)41-66(69)79-61-32-19-14-27-56(61)73(9,10)57-28-15-20-33-62(57)79/h11-45H,46H2,1-10H3. The van der Waals surface area contributed by atoms with E-state index in [0.29, 0.717) is 6.67 Å². The maximum atomic E-state index is 6.96. The summed E-state index contributed by atoms with van der Waals surface area (Å²) in [4.78, 5) is 19.8. The Labute approximate surface area is 476 Å². The highest BCUT2D eigenvalue weighted by molar-refractivity contribution is 6.10. The molecule has 0 N–H and O–H groups in total. The van der Waals surface area contributed by atoms with Crippen molar-refractivity contribution in [2.24, 2.45) is 0 Å². The number of ether oxygens (including phenoxy) is 1. The van der Waals surface area contributed by atoms with Gasteiger partial charge in [0.05, 0.1) is 68.4 Å². The molecule has 8 aromatic carbocycles. The fourth-order valence-corrected chi connectivity index (χ4v) is 13.2. The molecule has 0 saturated carbocycles. The topological polar surface area (TPSA) is 52.9 Å². The first-order chi connectivity index (χ1) is 39.0. The molecule has 0 bridgehead atoms. The molecule has 0 aliphatic carbocycles. The van der Waals surface area contributed by atoms with Gasteiger partial charge in [0, 0.05) is 51.8 Å². The number of pyridine rings is 2. The zero-order chi connectivity index (χ0) is 55.7. The molecule has 3 aromatic heterocycles. The van der Waals surface area contributed by atoms with E-state index in [-0.39, 0.29) is 21.7 Å². The predicted molar refractivity (Wildman–Crippen MR) is 336 cm³/mol. The molecule has 3 aliphatic heterocycles. The molecule has 400 valence electrons. The van der Waals surface area contributed by atoms with Crippen molar-refractivity contribution in [1.82, 2.24) is 14.5 Å². The number of benzene rings is 8. The van der Waals surface area contributed by atoms with E-state index in [1.165, 1.54) is 61.5 Å². The van der Waals surface area contributed by atoms with E-state index in [1.807, 2.05) is 18.6 Å². The minimum absolute atomic E-state index is 0.0351. The van der Waals surface area contributed by atoms with E-state index in [4.69, 9.17) is 14.7 Å². The summed E-state index contributed by atoms with van der Waals surface area (Å²) >= 11 is 0. The lowest BCUT2D eigenvalue weighted by Gasteiger charge is -2.46. The number of nitrogens with zero attached hydrogens (tertiary/aromatic N) is 7. The smallest absolute Gasteiger partial charge is 0.137 e. The maximum absolute atomic E-state index is 6.96. The third-order valence-electron chi connectivity index (χ3n) is 17.5. The Bertz CT molecular complexity index is 4100. The summed E-state index contributed by atoms with van der Waals surface area (Å²) in [6, 6.07) is 71.0. The van der Waals surface area contributed by atoms with Gasteiger partial charge in [0.25, 0.3) is 0 Å². The SMILES string of the molecule is CC(C)(C)c1ccnc(-n2c3ccccc3c3ccc(Oc4cccc(N5CN(c6c(N7c8ccccc8C(C)(C)c8ccccc87)cc(C(C)(C)C)cc6N6c7ccccc7C(C)(C)c7ccccc76)c6ccncc65)c4)cc32)c1. The van der Waals surface area contributed by atoms with Gasteiger partial charge in [-0.25, -0.2) is 4.98 Å². The summed E-state index contributed by atoms with van der Waals surface area (Å²) in [5.74, 6) is 2.35. The first kappa shape index (κ1) is 50.1. The average Bonchev–Trinajstić information content (AvgIpc) is 3.16. The highest BCUT2D eigenvalue weighted by Crippen LogP contribution is 2.61. The van der Waals surface area contributed by atoms with Crippen molar-refractivity contribution < 1.29 is 4.74 Å². The van der Waals surface area contributed by atoms with Crippen LogP contribution in [0.4, 0.5) is 56.9 Å². The second kappa shape index (κ2) is 18.2. The van der Waals surface area contributed by atoms with Crippen LogP contribution in [0.15, 0.2) is 213 Å². The van der Waals surface area contributed by atoms with Gasteiger partial charge >= 0.3 is 0 Å². The molecule has 0 amide bonds. The first-order valence-corrected chi connectivity index (χ1v) is 28.4. The summed E-state index contributed by atoms with van der Waals surface area (Å²) in [7, 11) is 0. The van der Waals surface area contributed by atoms with E-state index in [2.05, 4.69) is 288 Å². The number of hydrogen-bond acceptors (Lipinski definition) is 7. The van der Waals surface area contributed by atoms with Crippen molar-refractivity contribution in [2.75, 3.05) is 26.3 Å². The highest BCUT2D eigenvalue weighted by Gasteiger charge is 2.43. The van der Waals surface area contributed by atoms with Crippen LogP contribution in [0.1, 0.15) is 103 Å². The quantitative estimate of drug-likeness (QED) is 0.158. The summed E-state index contributed by atoms with van der Waals surface area (Å²) in [6.07, 6.45) is 5.88. The van der Waals surface area contributed by atoms with Crippen LogP contribution in [-0.2, 0) is 21.7 Å². The second-order valence-electron chi connectivity index (χ2n) is 25.2. The van der Waals surface area contributed by atoms with E-state index in [1.54, 1.807) is 0 Å². The molecule has 0 fully saturated rings. The maximum Gasteiger partial charge on any atom is 0.137 e. The molecule has 0 spiro atoms. The monoisotopic (exact) mass is 1060 g/mol. The van der Waals surface area contributed by atoms with Crippen LogP contribution in [0, 0.1) is 0 Å². The van der Waals surface area contributed by atoms with Crippen LogP contribution in [0.25, 0.3) is 27.6 Å². The molecule has 8 nitrogen and oxygen atoms in total. The van der Waals surface area contributed by atoms with E-state index < -0.39 is 0 Å². The normalized spacial score (nSPS) is 15.1. The largest absolute Gasteiger partial charge is 0.457 e. The molecule has 3 aliphatic rings. The molecule has 81 heavy (non-hydrogen) atoms. The molecule has 0 unspecified atom stereocenters. The Kier molecular flexibility index (Phi) is 11.3. The number of hydrogen-bond donors (Lipinski definition) is 0. The second-order valence-corrected chi connectivity index (χ2v) is 25.2. The fourth-order valence-electron chi connectivity index (χ4n) is 13.2. The van der Waals surface area contributed by atoms with Crippen molar-refractivity contribution in [3.05, 3.63) is 246 Å². The van der Waals surface area contributed by atoms with Gasteiger partial charge in [-0.2, -0.15) is 0 Å². The Hall–Kier alpha value is -9.14. The van der Waals surface area contributed by atoms with Gasteiger partial charge in [-0.1, -0.05) is 166 Å². The van der Waals surface area contributed by atoms with Gasteiger partial charge in [0.2, 0.25) is 0 Å². The predicted octanol–water partition coefficient (Wildman–Crippen LogP) is 19.4. The van der Waals surface area contributed by atoms with Crippen molar-refractivity contribution in [3.8, 4) is 17.3 Å². The molecule has 6 heterocycles. The van der Waals surface area contributed by atoms with Gasteiger partial charge in [0.15, 0.2) is 0 Å². The van der Waals surface area contributed by atoms with E-state index in [9.17, 15) is 0 Å². The molecular weight excluding hydrogens is 991 g/mol. The number of aromatic nitrogens is 3. The average molecular weight is 1060 g/mol. The zero-order valence-corrected chi connectivity index (χ0v) is 48.0. The molecule has 0 saturated heterocycles. The molecule has 14 rings (SSSR count). The number of fused-ring (bicyclic) bond motifs is 8. The van der Waals surface area contributed by atoms with Crippen molar-refractivity contribution in [3.63, 3.8) is 0 Å². The van der Waals surface area contributed by atoms with Crippen LogP contribution in [0.2, 0.25) is 0 Å². The highest BCUT2D eigenvalue weighted by atomic mass is 16.5. The molecular formula is C73H67N7O. The van der Waals surface area contributed by atoms with Gasteiger partial charge in [0.1, 0.15) is 24.0 Å². The zero-order valence-electron chi connectivity index (χ0n) is 48.0. The van der Waals surface area contributed by atoms with Crippen LogP contribution >= 0.6 is 0 Å². The van der Waals surface area contributed by atoms with E-state index >= 15 is 0 Å². The van der Waals surface area contributed by atoms with Crippen LogP contribution in [0.5, 0.6) is 11.5 Å². The van der Waals surface area contributed by atoms with Crippen LogP contribution in [-0.4, -0.2) is 21.2 Å². The third kappa shape index (κ3) is 7.93. The Morgan fingerprint density at radius 1 is 0.420 bits per heavy atom. The Morgan fingerprint density at radius 3 is 1.53 bits per heavy atom. The van der Waals surface area contributed by atoms with Crippen molar-refractivity contribution in [2.45, 2.75) is 90.9 Å².